The molecule has 0 atom stereocenters. The number of halogens is 1. The van der Waals surface area contributed by atoms with Crippen molar-refractivity contribution in [2.75, 3.05) is 5.32 Å². The van der Waals surface area contributed by atoms with Crippen molar-refractivity contribution in [1.82, 2.24) is 9.97 Å². The lowest BCUT2D eigenvalue weighted by molar-refractivity contribution is 0.102. The Morgan fingerprint density at radius 2 is 1.67 bits per heavy atom. The van der Waals surface area contributed by atoms with Crippen LogP contribution in [0.4, 0.5) is 10.1 Å². The van der Waals surface area contributed by atoms with Gasteiger partial charge in [-0.25, -0.2) is 9.37 Å². The molecule has 0 saturated heterocycles. The number of carbonyl (C=O) groups excluding carboxylic acids is 1. The predicted molar refractivity (Wildman–Crippen MR) is 130 cm³/mol. The Hall–Kier alpha value is -3.73. The second-order valence-corrected chi connectivity index (χ2v) is 8.63. The Bertz CT molecular complexity index is 1240. The molecule has 3 aromatic carbocycles. The number of amides is 1. The molecular formula is C28H26FN3O. The maximum atomic E-state index is 13.2. The number of aromatic amines is 1. The number of imidazole rings is 1. The van der Waals surface area contributed by atoms with E-state index in [9.17, 15) is 9.18 Å². The van der Waals surface area contributed by atoms with Gasteiger partial charge < -0.3 is 10.3 Å². The zero-order chi connectivity index (χ0) is 22.6. The van der Waals surface area contributed by atoms with Crippen LogP contribution in [-0.2, 0) is 0 Å². The summed E-state index contributed by atoms with van der Waals surface area (Å²) in [6.45, 7) is 0. The van der Waals surface area contributed by atoms with Crippen LogP contribution in [0.1, 0.15) is 53.9 Å². The first-order valence-electron chi connectivity index (χ1n) is 11.5. The van der Waals surface area contributed by atoms with E-state index in [1.165, 1.54) is 49.8 Å². The fourth-order valence-electron chi connectivity index (χ4n) is 4.53. The number of nitrogens with zero attached hydrogens (tertiary/aromatic N) is 1. The molecular weight excluding hydrogens is 413 g/mol. The molecule has 0 radical (unpaired) electrons. The monoisotopic (exact) mass is 439 g/mol. The molecule has 0 aliphatic heterocycles. The van der Waals surface area contributed by atoms with Gasteiger partial charge in [0.05, 0.1) is 5.69 Å². The van der Waals surface area contributed by atoms with Gasteiger partial charge in [-0.2, -0.15) is 0 Å². The number of hydrogen-bond donors (Lipinski definition) is 2. The van der Waals surface area contributed by atoms with Crippen LogP contribution >= 0.6 is 0 Å². The highest BCUT2D eigenvalue weighted by molar-refractivity contribution is 6.04. The molecule has 1 heterocycles. The molecule has 1 aliphatic carbocycles. The minimum atomic E-state index is -0.276. The highest BCUT2D eigenvalue weighted by Crippen LogP contribution is 2.32. The highest BCUT2D eigenvalue weighted by atomic mass is 19.1. The second-order valence-electron chi connectivity index (χ2n) is 8.63. The minimum absolute atomic E-state index is 0.131. The summed E-state index contributed by atoms with van der Waals surface area (Å²) >= 11 is 0. The maximum absolute atomic E-state index is 13.2. The Balaban J connectivity index is 1.28. The fraction of sp³-hybridized carbons (Fsp3) is 0.214. The molecule has 2 N–H and O–H groups in total. The third kappa shape index (κ3) is 4.87. The van der Waals surface area contributed by atoms with Crippen molar-refractivity contribution in [3.63, 3.8) is 0 Å². The van der Waals surface area contributed by atoms with Gasteiger partial charge >= 0.3 is 0 Å². The number of benzene rings is 3. The molecule has 1 aromatic heterocycles. The smallest absolute Gasteiger partial charge is 0.255 e. The van der Waals surface area contributed by atoms with E-state index < -0.39 is 0 Å². The molecule has 1 saturated carbocycles. The minimum Gasteiger partial charge on any atom is -0.344 e. The zero-order valence-corrected chi connectivity index (χ0v) is 18.4. The number of carbonyl (C=O) groups is 1. The number of rotatable bonds is 5. The van der Waals surface area contributed by atoms with E-state index in [1.54, 1.807) is 18.3 Å². The highest BCUT2D eigenvalue weighted by Gasteiger charge is 2.16. The molecule has 166 valence electrons. The first kappa shape index (κ1) is 21.1. The molecule has 0 unspecified atom stereocenters. The summed E-state index contributed by atoms with van der Waals surface area (Å²) in [5.41, 5.74) is 5.11. The summed E-state index contributed by atoms with van der Waals surface area (Å²) in [4.78, 5) is 20.6. The van der Waals surface area contributed by atoms with E-state index in [2.05, 4.69) is 27.4 Å². The van der Waals surface area contributed by atoms with Crippen LogP contribution in [0.25, 0.3) is 22.6 Å². The normalized spacial score (nSPS) is 14.2. The Morgan fingerprint density at radius 3 is 2.42 bits per heavy atom. The maximum Gasteiger partial charge on any atom is 0.255 e. The van der Waals surface area contributed by atoms with Crippen LogP contribution in [0.2, 0.25) is 0 Å². The molecule has 5 heteroatoms. The molecule has 0 bridgehead atoms. The summed E-state index contributed by atoms with van der Waals surface area (Å²) in [5.74, 6) is 0.901. The summed E-state index contributed by atoms with van der Waals surface area (Å²) in [6.07, 6.45) is 8.21. The SMILES string of the molecule is O=C(Nc1cccc(-c2nc(-c3ccc(F)cc3)c[nH]2)c1)c1ccc(C2CCCCC2)cc1. The first-order chi connectivity index (χ1) is 16.2. The molecule has 4 aromatic rings. The summed E-state index contributed by atoms with van der Waals surface area (Å²) in [7, 11) is 0. The van der Waals surface area contributed by atoms with Crippen LogP contribution in [0, 0.1) is 5.82 Å². The summed E-state index contributed by atoms with van der Waals surface area (Å²) in [5, 5.41) is 2.99. The van der Waals surface area contributed by atoms with E-state index >= 15 is 0 Å². The first-order valence-corrected chi connectivity index (χ1v) is 11.5. The van der Waals surface area contributed by atoms with E-state index in [1.807, 2.05) is 36.4 Å². The number of aromatic nitrogens is 2. The standard InChI is InChI=1S/C28H26FN3O/c29-24-15-13-21(14-16-24)26-18-30-27(32-26)23-7-4-8-25(17-23)31-28(33)22-11-9-20(10-12-22)19-5-2-1-3-6-19/h4,7-19H,1-3,5-6H2,(H,30,32)(H,31,33). The van der Waals surface area contributed by atoms with E-state index in [0.29, 0.717) is 23.0 Å². The van der Waals surface area contributed by atoms with Gasteiger partial charge in [-0.3, -0.25) is 4.79 Å². The number of nitrogens with one attached hydrogen (secondary N) is 2. The van der Waals surface area contributed by atoms with Crippen molar-refractivity contribution < 1.29 is 9.18 Å². The molecule has 0 spiro atoms. The van der Waals surface area contributed by atoms with Gasteiger partial charge in [0, 0.05) is 28.6 Å². The number of H-pyrrole nitrogens is 1. The molecule has 1 aliphatic rings. The van der Waals surface area contributed by atoms with Gasteiger partial charge in [-0.15, -0.1) is 0 Å². The summed E-state index contributed by atoms with van der Waals surface area (Å²) < 4.78 is 13.2. The largest absolute Gasteiger partial charge is 0.344 e. The molecule has 5 rings (SSSR count). The predicted octanol–water partition coefficient (Wildman–Crippen LogP) is 7.18. The average molecular weight is 440 g/mol. The van der Waals surface area contributed by atoms with Crippen molar-refractivity contribution >= 4 is 11.6 Å². The fourth-order valence-corrected chi connectivity index (χ4v) is 4.53. The third-order valence-corrected chi connectivity index (χ3v) is 6.36. The van der Waals surface area contributed by atoms with Gasteiger partial charge in [-0.1, -0.05) is 43.5 Å². The lowest BCUT2D eigenvalue weighted by Crippen LogP contribution is -2.12. The Kier molecular flexibility index (Phi) is 6.03. The van der Waals surface area contributed by atoms with Crippen molar-refractivity contribution in [3.8, 4) is 22.6 Å². The van der Waals surface area contributed by atoms with Gasteiger partial charge in [0.25, 0.3) is 5.91 Å². The van der Waals surface area contributed by atoms with Crippen LogP contribution in [-0.4, -0.2) is 15.9 Å². The topological polar surface area (TPSA) is 57.8 Å². The number of hydrogen-bond acceptors (Lipinski definition) is 2. The third-order valence-electron chi connectivity index (χ3n) is 6.36. The average Bonchev–Trinajstić information content (AvgIpc) is 3.36. The van der Waals surface area contributed by atoms with Crippen molar-refractivity contribution in [1.29, 1.82) is 0 Å². The van der Waals surface area contributed by atoms with Gasteiger partial charge in [-0.05, 0) is 72.9 Å². The van der Waals surface area contributed by atoms with Crippen molar-refractivity contribution in [3.05, 3.63) is 95.9 Å². The zero-order valence-electron chi connectivity index (χ0n) is 18.4. The lowest BCUT2D eigenvalue weighted by Gasteiger charge is -2.22. The van der Waals surface area contributed by atoms with E-state index in [0.717, 1.165) is 16.8 Å². The number of anilines is 1. The van der Waals surface area contributed by atoms with E-state index in [4.69, 9.17) is 0 Å². The Morgan fingerprint density at radius 1 is 0.909 bits per heavy atom. The molecule has 1 amide bonds. The van der Waals surface area contributed by atoms with Crippen molar-refractivity contribution in [2.24, 2.45) is 0 Å². The molecule has 4 nitrogen and oxygen atoms in total. The van der Waals surface area contributed by atoms with Crippen LogP contribution in [0.3, 0.4) is 0 Å². The second kappa shape index (κ2) is 9.41. The van der Waals surface area contributed by atoms with Crippen LogP contribution in [0.5, 0.6) is 0 Å². The summed E-state index contributed by atoms with van der Waals surface area (Å²) in [6, 6.07) is 21.8. The Labute approximate surface area is 192 Å². The van der Waals surface area contributed by atoms with Crippen LogP contribution in [0.15, 0.2) is 79.0 Å². The van der Waals surface area contributed by atoms with E-state index in [-0.39, 0.29) is 11.7 Å². The van der Waals surface area contributed by atoms with Crippen molar-refractivity contribution in [2.45, 2.75) is 38.0 Å². The molecule has 1 fully saturated rings. The van der Waals surface area contributed by atoms with Gasteiger partial charge in [0.1, 0.15) is 11.6 Å². The lowest BCUT2D eigenvalue weighted by atomic mass is 9.84. The molecule has 33 heavy (non-hydrogen) atoms. The van der Waals surface area contributed by atoms with Gasteiger partial charge in [0.2, 0.25) is 0 Å². The van der Waals surface area contributed by atoms with Crippen LogP contribution < -0.4 is 5.32 Å². The van der Waals surface area contributed by atoms with Gasteiger partial charge in [0.15, 0.2) is 0 Å². The quantitative estimate of drug-likeness (QED) is 0.346.